The van der Waals surface area contributed by atoms with E-state index in [2.05, 4.69) is 5.32 Å². The van der Waals surface area contributed by atoms with Gasteiger partial charge in [0.2, 0.25) is 5.91 Å². The summed E-state index contributed by atoms with van der Waals surface area (Å²) in [4.78, 5) is 22.8. The van der Waals surface area contributed by atoms with Gasteiger partial charge < -0.3 is 50.2 Å². The topological polar surface area (TPSA) is 195 Å². The maximum absolute atomic E-state index is 11.6. The number of carboxylic acid groups (broad SMARTS) is 1. The van der Waals surface area contributed by atoms with Crippen LogP contribution in [0.5, 0.6) is 0 Å². The summed E-state index contributed by atoms with van der Waals surface area (Å²) in [5.74, 6) is -2.04. The third-order valence-corrected chi connectivity index (χ3v) is 4.88. The minimum Gasteiger partial charge on any atom is -0.479 e. The second kappa shape index (κ2) is 9.41. The van der Waals surface area contributed by atoms with Gasteiger partial charge in [0, 0.05) is 6.92 Å². The fraction of sp³-hybridized carbons (Fsp3) is 0.875. The summed E-state index contributed by atoms with van der Waals surface area (Å²) in [6.45, 7) is 2.42. The van der Waals surface area contributed by atoms with Crippen LogP contribution in [-0.4, -0.2) is 110 Å². The number of rotatable bonds is 6. The molecule has 7 unspecified atom stereocenters. The van der Waals surface area contributed by atoms with E-state index in [0.717, 1.165) is 0 Å². The fourth-order valence-corrected chi connectivity index (χ4v) is 3.42. The largest absolute Gasteiger partial charge is 0.479 e. The van der Waals surface area contributed by atoms with E-state index in [0.29, 0.717) is 6.42 Å². The summed E-state index contributed by atoms with van der Waals surface area (Å²) >= 11 is 0. The van der Waals surface area contributed by atoms with Crippen molar-refractivity contribution in [2.75, 3.05) is 6.61 Å². The van der Waals surface area contributed by atoms with Gasteiger partial charge in [0.25, 0.3) is 0 Å². The molecule has 0 aromatic carbocycles. The van der Waals surface area contributed by atoms with E-state index in [4.69, 9.17) is 19.3 Å². The second-order valence-electron chi connectivity index (χ2n) is 6.86. The number of hydrogen-bond acceptors (Lipinski definition) is 10. The Kier molecular flexibility index (Phi) is 7.70. The molecule has 12 nitrogen and oxygen atoms in total. The monoisotopic (exact) mass is 409 g/mol. The zero-order valence-corrected chi connectivity index (χ0v) is 15.4. The molecule has 0 radical (unpaired) electrons. The number of hydrogen-bond donors (Lipinski definition) is 7. The number of aliphatic hydroxyl groups is 5. The average Bonchev–Trinajstić information content (AvgIpc) is 2.64. The molecule has 2 aliphatic heterocycles. The molecular weight excluding hydrogens is 382 g/mol. The zero-order chi connectivity index (χ0) is 21.2. The predicted octanol–water partition coefficient (Wildman–Crippen LogP) is -3.70. The number of carbonyl (C=O) groups excluding carboxylic acids is 1. The Hall–Kier alpha value is -1.38. The summed E-state index contributed by atoms with van der Waals surface area (Å²) < 4.78 is 16.2. The number of amides is 1. The minimum atomic E-state index is -1.90. The number of ether oxygens (including phenoxy) is 3. The lowest BCUT2D eigenvalue weighted by Gasteiger charge is -2.47. The Bertz CT molecular complexity index is 561. The second-order valence-corrected chi connectivity index (χ2v) is 6.86. The fourth-order valence-electron chi connectivity index (χ4n) is 3.42. The first kappa shape index (κ1) is 22.9. The summed E-state index contributed by atoms with van der Waals surface area (Å²) in [6, 6.07) is -0.914. The summed E-state index contributed by atoms with van der Waals surface area (Å²) in [5.41, 5.74) is 0. The van der Waals surface area contributed by atoms with Gasteiger partial charge in [-0.15, -0.1) is 0 Å². The molecule has 1 amide bonds. The van der Waals surface area contributed by atoms with Crippen molar-refractivity contribution in [3.8, 4) is 0 Å². The molecule has 2 aliphatic rings. The van der Waals surface area contributed by atoms with Gasteiger partial charge in [-0.1, -0.05) is 6.92 Å². The van der Waals surface area contributed by atoms with Gasteiger partial charge in [-0.2, -0.15) is 0 Å². The van der Waals surface area contributed by atoms with Gasteiger partial charge in [0.05, 0.1) is 18.8 Å². The van der Waals surface area contributed by atoms with Gasteiger partial charge in [-0.05, 0) is 6.42 Å². The van der Waals surface area contributed by atoms with Crippen LogP contribution >= 0.6 is 0 Å². The van der Waals surface area contributed by atoms with E-state index in [1.165, 1.54) is 6.92 Å². The molecule has 0 saturated carbocycles. The molecule has 2 heterocycles. The third kappa shape index (κ3) is 4.60. The smallest absolute Gasteiger partial charge is 0.335 e. The van der Waals surface area contributed by atoms with Crippen LogP contribution in [0.2, 0.25) is 0 Å². The van der Waals surface area contributed by atoms with E-state index in [9.17, 15) is 35.1 Å². The van der Waals surface area contributed by atoms with Crippen LogP contribution in [0.4, 0.5) is 0 Å². The number of nitrogens with one attached hydrogen (secondary N) is 1. The third-order valence-electron chi connectivity index (χ3n) is 4.88. The molecule has 0 bridgehead atoms. The van der Waals surface area contributed by atoms with Crippen LogP contribution in [-0.2, 0) is 23.8 Å². The number of aliphatic hydroxyl groups excluding tert-OH is 5. The Balaban J connectivity index is 2.29. The quantitative estimate of drug-likeness (QED) is 0.228. The molecule has 12 heteroatoms. The molecular formula is C16H27NO11. The van der Waals surface area contributed by atoms with Crippen molar-refractivity contribution >= 4 is 11.9 Å². The van der Waals surface area contributed by atoms with Gasteiger partial charge in [-0.3, -0.25) is 4.79 Å². The highest BCUT2D eigenvalue weighted by atomic mass is 16.7. The van der Waals surface area contributed by atoms with E-state index >= 15 is 0 Å². The van der Waals surface area contributed by atoms with Crippen LogP contribution in [0, 0.1) is 0 Å². The van der Waals surface area contributed by atoms with Crippen molar-refractivity contribution in [3.05, 3.63) is 0 Å². The Morgan fingerprint density at radius 2 is 1.64 bits per heavy atom. The Morgan fingerprint density at radius 1 is 1.00 bits per heavy atom. The van der Waals surface area contributed by atoms with Crippen molar-refractivity contribution in [2.45, 2.75) is 81.4 Å². The van der Waals surface area contributed by atoms with Gasteiger partial charge >= 0.3 is 5.97 Å². The van der Waals surface area contributed by atoms with E-state index in [-0.39, 0.29) is 0 Å². The lowest BCUT2D eigenvalue weighted by molar-refractivity contribution is -0.326. The molecule has 2 saturated heterocycles. The van der Waals surface area contributed by atoms with Crippen LogP contribution in [0.15, 0.2) is 0 Å². The molecule has 0 spiro atoms. The van der Waals surface area contributed by atoms with Crippen LogP contribution in [0.1, 0.15) is 20.3 Å². The Labute approximate surface area is 160 Å². The van der Waals surface area contributed by atoms with Gasteiger partial charge in [0.15, 0.2) is 12.4 Å². The highest BCUT2D eigenvalue weighted by Crippen LogP contribution is 2.30. The zero-order valence-electron chi connectivity index (χ0n) is 15.4. The van der Waals surface area contributed by atoms with Gasteiger partial charge in [-0.25, -0.2) is 4.79 Å². The molecule has 2 rings (SSSR count). The maximum Gasteiger partial charge on any atom is 0.335 e. The normalized spacial score (nSPS) is 44.1. The summed E-state index contributed by atoms with van der Waals surface area (Å²) in [6.07, 6.45) is -13.3. The highest BCUT2D eigenvalue weighted by Gasteiger charge is 2.52. The van der Waals surface area contributed by atoms with E-state index in [1.54, 1.807) is 6.92 Å². The van der Waals surface area contributed by atoms with Crippen molar-refractivity contribution in [3.63, 3.8) is 0 Å². The van der Waals surface area contributed by atoms with Crippen molar-refractivity contribution in [1.29, 1.82) is 0 Å². The van der Waals surface area contributed by atoms with Crippen LogP contribution in [0.25, 0.3) is 0 Å². The van der Waals surface area contributed by atoms with Crippen molar-refractivity contribution < 1.29 is 54.4 Å². The first-order chi connectivity index (χ1) is 13.1. The highest BCUT2D eigenvalue weighted by molar-refractivity contribution is 5.73. The molecule has 0 aliphatic carbocycles. The van der Waals surface area contributed by atoms with Crippen molar-refractivity contribution in [2.24, 2.45) is 0 Å². The molecule has 10 atom stereocenters. The molecule has 0 aromatic heterocycles. The van der Waals surface area contributed by atoms with E-state index in [1.807, 2.05) is 0 Å². The number of aliphatic carboxylic acids is 1. The van der Waals surface area contributed by atoms with Crippen molar-refractivity contribution in [1.82, 2.24) is 5.32 Å². The molecule has 0 aromatic rings. The SMILES string of the molecule is CCC1OC(CO)[C@@H](O)C(O[C@@H]2OC(C(=O)O)[C@@H](O)C(O)C2O)C1NC(C)=O. The molecule has 2 fully saturated rings. The maximum atomic E-state index is 11.6. The predicted molar refractivity (Wildman–Crippen MR) is 88.8 cm³/mol. The molecule has 28 heavy (non-hydrogen) atoms. The summed E-state index contributed by atoms with van der Waals surface area (Å²) in [7, 11) is 0. The van der Waals surface area contributed by atoms with Crippen LogP contribution in [0.3, 0.4) is 0 Å². The molecule has 7 N–H and O–H groups in total. The summed E-state index contributed by atoms with van der Waals surface area (Å²) in [5, 5.41) is 61.5. The standard InChI is InChI=1S/C16H27NO11/c1-3-6-8(17-5(2)19)13(9(20)7(4-18)26-6)27-16-12(23)10(21)11(22)14(28-16)15(24)25/h6-14,16,18,20-23H,3-4H2,1-2H3,(H,17,19)(H,24,25)/t6?,7?,8?,9-,10?,11+,12?,13?,14?,16-/m1/s1. The average molecular weight is 409 g/mol. The minimum absolute atomic E-state index is 0.376. The van der Waals surface area contributed by atoms with Crippen LogP contribution < -0.4 is 5.32 Å². The first-order valence-electron chi connectivity index (χ1n) is 8.91. The number of carboxylic acids is 1. The van der Waals surface area contributed by atoms with E-state index < -0.39 is 79.6 Å². The van der Waals surface area contributed by atoms with Gasteiger partial charge in [0.1, 0.15) is 36.6 Å². The lowest BCUT2D eigenvalue weighted by atomic mass is 9.90. The first-order valence-corrected chi connectivity index (χ1v) is 8.91. The Morgan fingerprint density at radius 3 is 2.14 bits per heavy atom. The molecule has 162 valence electrons. The number of carbonyl (C=O) groups is 2. The lowest BCUT2D eigenvalue weighted by Crippen LogP contribution is -2.67.